The number of hydrogen-bond donors (Lipinski definition) is 1. The summed E-state index contributed by atoms with van der Waals surface area (Å²) in [4.78, 5) is 18.5. The van der Waals surface area contributed by atoms with Crippen LogP contribution in [0.25, 0.3) is 0 Å². The zero-order valence-electron chi connectivity index (χ0n) is 12.4. The van der Waals surface area contributed by atoms with Crippen molar-refractivity contribution < 1.29 is 9.53 Å². The lowest BCUT2D eigenvalue weighted by Gasteiger charge is -2.41. The van der Waals surface area contributed by atoms with Gasteiger partial charge in [-0.05, 0) is 45.7 Å². The molecule has 0 spiro atoms. The summed E-state index contributed by atoms with van der Waals surface area (Å²) in [7, 11) is 0. The maximum absolute atomic E-state index is 12.6. The molecule has 0 aliphatic carbocycles. The van der Waals surface area contributed by atoms with Crippen LogP contribution < -0.4 is 5.73 Å². The van der Waals surface area contributed by atoms with Gasteiger partial charge in [-0.2, -0.15) is 0 Å². The predicted molar refractivity (Wildman–Crippen MR) is 78.4 cm³/mol. The van der Waals surface area contributed by atoms with Crippen molar-refractivity contribution in [3.63, 3.8) is 0 Å². The van der Waals surface area contributed by atoms with Gasteiger partial charge in [0.05, 0.1) is 11.2 Å². The van der Waals surface area contributed by atoms with Crippen molar-refractivity contribution in [3.8, 4) is 0 Å². The lowest BCUT2D eigenvalue weighted by Crippen LogP contribution is -2.48. The van der Waals surface area contributed by atoms with E-state index in [0.717, 1.165) is 12.8 Å². The third-order valence-electron chi connectivity index (χ3n) is 3.75. The van der Waals surface area contributed by atoms with Crippen molar-refractivity contribution >= 4 is 11.7 Å². The number of nitrogen functional groups attached to an aromatic ring is 1. The molecule has 0 bridgehead atoms. The van der Waals surface area contributed by atoms with Gasteiger partial charge in [-0.1, -0.05) is 0 Å². The fourth-order valence-electron chi connectivity index (χ4n) is 2.73. The Labute approximate surface area is 120 Å². The van der Waals surface area contributed by atoms with Gasteiger partial charge < -0.3 is 15.4 Å². The van der Waals surface area contributed by atoms with Crippen molar-refractivity contribution in [2.24, 2.45) is 0 Å². The van der Waals surface area contributed by atoms with Gasteiger partial charge >= 0.3 is 0 Å². The minimum atomic E-state index is -0.171. The first-order chi connectivity index (χ1) is 9.43. The van der Waals surface area contributed by atoms with Gasteiger partial charge in [0, 0.05) is 25.4 Å². The molecule has 5 heteroatoms. The van der Waals surface area contributed by atoms with Gasteiger partial charge in [-0.15, -0.1) is 0 Å². The molecule has 1 aromatic heterocycles. The molecule has 0 radical (unpaired) electrons. The number of pyridine rings is 1. The van der Waals surface area contributed by atoms with E-state index in [0.29, 0.717) is 24.5 Å². The third-order valence-corrected chi connectivity index (χ3v) is 3.75. The van der Waals surface area contributed by atoms with E-state index in [1.54, 1.807) is 18.3 Å². The fourth-order valence-corrected chi connectivity index (χ4v) is 2.73. The van der Waals surface area contributed by atoms with Gasteiger partial charge in [0.25, 0.3) is 5.91 Å². The third kappa shape index (κ3) is 3.28. The van der Waals surface area contributed by atoms with E-state index in [1.807, 2.05) is 11.8 Å². The highest BCUT2D eigenvalue weighted by Gasteiger charge is 2.34. The summed E-state index contributed by atoms with van der Waals surface area (Å²) < 4.78 is 5.72. The van der Waals surface area contributed by atoms with E-state index in [4.69, 9.17) is 10.5 Å². The van der Waals surface area contributed by atoms with Crippen LogP contribution in [0.3, 0.4) is 0 Å². The van der Waals surface area contributed by atoms with Crippen LogP contribution in [0.4, 0.5) is 5.82 Å². The van der Waals surface area contributed by atoms with Gasteiger partial charge in [0.1, 0.15) is 5.82 Å². The van der Waals surface area contributed by atoms with Crippen LogP contribution in [0.5, 0.6) is 0 Å². The molecule has 20 heavy (non-hydrogen) atoms. The van der Waals surface area contributed by atoms with Gasteiger partial charge in [-0.25, -0.2) is 4.98 Å². The number of aromatic nitrogens is 1. The van der Waals surface area contributed by atoms with Crippen LogP contribution in [0.1, 0.15) is 44.0 Å². The first-order valence-corrected chi connectivity index (χ1v) is 7.09. The maximum Gasteiger partial charge on any atom is 0.255 e. The number of rotatable bonds is 3. The molecule has 0 saturated carbocycles. The normalized spacial score (nSPS) is 21.4. The van der Waals surface area contributed by atoms with Crippen molar-refractivity contribution in [2.45, 2.75) is 45.3 Å². The van der Waals surface area contributed by atoms with E-state index in [-0.39, 0.29) is 17.6 Å². The predicted octanol–water partition coefficient (Wildman–Crippen LogP) is 2.08. The average molecular weight is 277 g/mol. The number of ether oxygens (including phenoxy) is 1. The van der Waals surface area contributed by atoms with Gasteiger partial charge in [0.15, 0.2) is 0 Å². The molecular weight excluding hydrogens is 254 g/mol. The van der Waals surface area contributed by atoms with E-state index in [2.05, 4.69) is 18.8 Å². The summed E-state index contributed by atoms with van der Waals surface area (Å²) >= 11 is 0. The number of hydrogen-bond acceptors (Lipinski definition) is 4. The van der Waals surface area contributed by atoms with E-state index >= 15 is 0 Å². The second-order valence-corrected chi connectivity index (χ2v) is 5.82. The Hall–Kier alpha value is -1.62. The summed E-state index contributed by atoms with van der Waals surface area (Å²) in [5.74, 6) is 0.444. The topological polar surface area (TPSA) is 68.5 Å². The number of carbonyl (C=O) groups excluding carboxylic acids is 1. The Morgan fingerprint density at radius 2 is 2.30 bits per heavy atom. The summed E-state index contributed by atoms with van der Waals surface area (Å²) in [6, 6.07) is 3.61. The van der Waals surface area contributed by atoms with Crippen LogP contribution in [-0.2, 0) is 4.74 Å². The van der Waals surface area contributed by atoms with Crippen molar-refractivity contribution in [2.75, 3.05) is 18.9 Å². The number of carbonyl (C=O) groups is 1. The monoisotopic (exact) mass is 277 g/mol. The molecule has 1 aromatic rings. The molecule has 2 rings (SSSR count). The standard InChI is InChI=1S/C15H23N3O2/c1-4-18(12-7-8-20-15(2,3)9-12)14(19)11-5-6-13(16)17-10-11/h5-6,10,12H,4,7-9H2,1-3H3,(H2,16,17). The highest BCUT2D eigenvalue weighted by Crippen LogP contribution is 2.28. The van der Waals surface area contributed by atoms with Crippen LogP contribution in [0, 0.1) is 0 Å². The summed E-state index contributed by atoms with van der Waals surface area (Å²) in [6.07, 6.45) is 3.28. The molecule has 1 atom stereocenters. The van der Waals surface area contributed by atoms with Crippen molar-refractivity contribution in [1.29, 1.82) is 0 Å². The molecule has 0 aromatic carbocycles. The largest absolute Gasteiger partial charge is 0.384 e. The molecule has 2 N–H and O–H groups in total. The number of nitrogens with two attached hydrogens (primary N) is 1. The van der Waals surface area contributed by atoms with Crippen molar-refractivity contribution in [1.82, 2.24) is 9.88 Å². The molecule has 2 heterocycles. The minimum absolute atomic E-state index is 0.0164. The Morgan fingerprint density at radius 3 is 2.85 bits per heavy atom. The molecule has 1 amide bonds. The Balaban J connectivity index is 2.15. The minimum Gasteiger partial charge on any atom is -0.384 e. The molecule has 1 aliphatic heterocycles. The SMILES string of the molecule is CCN(C(=O)c1ccc(N)nc1)C1CCOC(C)(C)C1. The Morgan fingerprint density at radius 1 is 1.55 bits per heavy atom. The molecule has 110 valence electrons. The van der Waals surface area contributed by atoms with Crippen LogP contribution >= 0.6 is 0 Å². The smallest absolute Gasteiger partial charge is 0.255 e. The number of anilines is 1. The Bertz CT molecular complexity index is 471. The highest BCUT2D eigenvalue weighted by atomic mass is 16.5. The zero-order chi connectivity index (χ0) is 14.8. The highest BCUT2D eigenvalue weighted by molar-refractivity contribution is 5.94. The number of nitrogens with zero attached hydrogens (tertiary/aromatic N) is 2. The van der Waals surface area contributed by atoms with Gasteiger partial charge in [0.2, 0.25) is 0 Å². The van der Waals surface area contributed by atoms with Crippen molar-refractivity contribution in [3.05, 3.63) is 23.9 Å². The average Bonchev–Trinajstić information content (AvgIpc) is 2.39. The van der Waals surface area contributed by atoms with E-state index in [1.165, 1.54) is 0 Å². The van der Waals surface area contributed by atoms with E-state index < -0.39 is 0 Å². The lowest BCUT2D eigenvalue weighted by molar-refractivity contribution is -0.0777. The molecule has 1 aliphatic rings. The van der Waals surface area contributed by atoms with Crippen LogP contribution in [-0.4, -0.2) is 40.6 Å². The summed E-state index contributed by atoms with van der Waals surface area (Å²) in [5.41, 5.74) is 5.98. The Kier molecular flexibility index (Phi) is 4.28. The molecular formula is C15H23N3O2. The van der Waals surface area contributed by atoms with Crippen LogP contribution in [0.2, 0.25) is 0 Å². The first-order valence-electron chi connectivity index (χ1n) is 7.09. The maximum atomic E-state index is 12.6. The molecule has 1 saturated heterocycles. The summed E-state index contributed by atoms with van der Waals surface area (Å²) in [6.45, 7) is 7.53. The molecule has 1 unspecified atom stereocenters. The van der Waals surface area contributed by atoms with Crippen LogP contribution in [0.15, 0.2) is 18.3 Å². The lowest BCUT2D eigenvalue weighted by atomic mass is 9.92. The first kappa shape index (κ1) is 14.8. The molecule has 5 nitrogen and oxygen atoms in total. The quantitative estimate of drug-likeness (QED) is 0.918. The van der Waals surface area contributed by atoms with Gasteiger partial charge in [-0.3, -0.25) is 4.79 Å². The second-order valence-electron chi connectivity index (χ2n) is 5.82. The summed E-state index contributed by atoms with van der Waals surface area (Å²) in [5, 5.41) is 0. The van der Waals surface area contributed by atoms with E-state index in [9.17, 15) is 4.79 Å². The fraction of sp³-hybridized carbons (Fsp3) is 0.600. The number of amides is 1. The zero-order valence-corrected chi connectivity index (χ0v) is 12.4. The second kappa shape index (κ2) is 5.79. The molecule has 1 fully saturated rings.